The molecule has 2 aromatic rings. The summed E-state index contributed by atoms with van der Waals surface area (Å²) in [6, 6.07) is 11.6. The Morgan fingerprint density at radius 2 is 1.95 bits per heavy atom. The number of hydrogen-bond donors (Lipinski definition) is 2. The highest BCUT2D eigenvalue weighted by molar-refractivity contribution is 5.94. The third-order valence-electron chi connectivity index (χ3n) is 2.84. The Balaban J connectivity index is 1.96. The third-order valence-corrected chi connectivity index (χ3v) is 2.84. The summed E-state index contributed by atoms with van der Waals surface area (Å²) >= 11 is 0. The molecule has 0 aliphatic carbocycles. The molecule has 1 aromatic carbocycles. The Kier molecular flexibility index (Phi) is 4.93. The standard InChI is InChI=1S/C16H15NO4/c18-15(9-8-13-7-4-10-21-13)17-14(16(19)20)11-12-5-2-1-3-6-12/h1-10,14H,11H2,(H,17,18)(H,19,20)/b9-8+/t14-/m0/s1. The van der Waals surface area contributed by atoms with Crippen LogP contribution in [0.1, 0.15) is 11.3 Å². The number of carbonyl (C=O) groups excluding carboxylic acids is 1. The normalized spacial score (nSPS) is 12.2. The number of benzene rings is 1. The van der Waals surface area contributed by atoms with Gasteiger partial charge in [0.15, 0.2) is 0 Å². The van der Waals surface area contributed by atoms with Gasteiger partial charge in [-0.25, -0.2) is 4.79 Å². The van der Waals surface area contributed by atoms with Gasteiger partial charge in [0.05, 0.1) is 6.26 Å². The molecule has 0 fully saturated rings. The van der Waals surface area contributed by atoms with Crippen molar-refractivity contribution >= 4 is 18.0 Å². The summed E-state index contributed by atoms with van der Waals surface area (Å²) in [7, 11) is 0. The zero-order valence-corrected chi connectivity index (χ0v) is 11.2. The van der Waals surface area contributed by atoms with Crippen LogP contribution in [0.4, 0.5) is 0 Å². The fourth-order valence-corrected chi connectivity index (χ4v) is 1.81. The van der Waals surface area contributed by atoms with Crippen molar-refractivity contribution in [2.45, 2.75) is 12.5 Å². The van der Waals surface area contributed by atoms with Crippen LogP contribution in [0, 0.1) is 0 Å². The van der Waals surface area contributed by atoms with Crippen LogP contribution >= 0.6 is 0 Å². The molecule has 0 spiro atoms. The van der Waals surface area contributed by atoms with Gasteiger partial charge in [0.25, 0.3) is 0 Å². The lowest BCUT2D eigenvalue weighted by atomic mass is 10.1. The van der Waals surface area contributed by atoms with Gasteiger partial charge in [-0.3, -0.25) is 4.79 Å². The zero-order valence-electron chi connectivity index (χ0n) is 11.2. The van der Waals surface area contributed by atoms with E-state index in [0.29, 0.717) is 5.76 Å². The van der Waals surface area contributed by atoms with Gasteiger partial charge in [0, 0.05) is 12.5 Å². The second-order valence-electron chi connectivity index (χ2n) is 4.44. The molecule has 5 heteroatoms. The molecule has 2 N–H and O–H groups in total. The Hall–Kier alpha value is -2.82. The Morgan fingerprint density at radius 3 is 2.57 bits per heavy atom. The molecular formula is C16H15NO4. The lowest BCUT2D eigenvalue weighted by molar-refractivity contribution is -0.141. The van der Waals surface area contributed by atoms with E-state index in [1.165, 1.54) is 18.4 Å². The smallest absolute Gasteiger partial charge is 0.326 e. The topological polar surface area (TPSA) is 79.5 Å². The number of carboxylic acids is 1. The van der Waals surface area contributed by atoms with Gasteiger partial charge in [-0.15, -0.1) is 0 Å². The van der Waals surface area contributed by atoms with E-state index in [-0.39, 0.29) is 6.42 Å². The predicted octanol–water partition coefficient (Wildman–Crippen LogP) is 2.10. The minimum absolute atomic E-state index is 0.233. The molecule has 1 heterocycles. The van der Waals surface area contributed by atoms with Gasteiger partial charge in [-0.05, 0) is 23.8 Å². The van der Waals surface area contributed by atoms with Crippen molar-refractivity contribution in [1.29, 1.82) is 0 Å². The van der Waals surface area contributed by atoms with Crippen LogP contribution in [0.25, 0.3) is 6.08 Å². The minimum atomic E-state index is -1.07. The highest BCUT2D eigenvalue weighted by atomic mass is 16.4. The summed E-state index contributed by atoms with van der Waals surface area (Å²) in [4.78, 5) is 23.0. The first kappa shape index (κ1) is 14.6. The van der Waals surface area contributed by atoms with E-state index in [1.807, 2.05) is 30.3 Å². The molecule has 1 amide bonds. The van der Waals surface area contributed by atoms with Crippen LogP contribution in [-0.4, -0.2) is 23.0 Å². The summed E-state index contributed by atoms with van der Waals surface area (Å²) in [6.07, 6.45) is 4.46. The maximum atomic E-state index is 11.7. The summed E-state index contributed by atoms with van der Waals surface area (Å²) in [6.45, 7) is 0. The van der Waals surface area contributed by atoms with Crippen molar-refractivity contribution in [1.82, 2.24) is 5.32 Å². The molecule has 0 saturated heterocycles. The summed E-state index contributed by atoms with van der Waals surface area (Å²) in [5, 5.41) is 11.6. The minimum Gasteiger partial charge on any atom is -0.480 e. The Labute approximate surface area is 121 Å². The quantitative estimate of drug-likeness (QED) is 0.797. The van der Waals surface area contributed by atoms with Gasteiger partial charge in [-0.1, -0.05) is 30.3 Å². The molecule has 0 aliphatic rings. The van der Waals surface area contributed by atoms with Crippen molar-refractivity contribution in [2.24, 2.45) is 0 Å². The fourth-order valence-electron chi connectivity index (χ4n) is 1.81. The highest BCUT2D eigenvalue weighted by Crippen LogP contribution is 2.05. The SMILES string of the molecule is O=C(/C=C/c1ccco1)N[C@@H](Cc1ccccc1)C(=O)O. The van der Waals surface area contributed by atoms with Gasteiger partial charge >= 0.3 is 5.97 Å². The molecule has 0 bridgehead atoms. The molecule has 21 heavy (non-hydrogen) atoms. The zero-order chi connectivity index (χ0) is 15.1. The number of hydrogen-bond acceptors (Lipinski definition) is 3. The van der Waals surface area contributed by atoms with Gasteiger partial charge in [-0.2, -0.15) is 0 Å². The Morgan fingerprint density at radius 1 is 1.19 bits per heavy atom. The van der Waals surface area contributed by atoms with E-state index in [0.717, 1.165) is 5.56 Å². The maximum Gasteiger partial charge on any atom is 0.326 e. The molecule has 0 unspecified atom stereocenters. The van der Waals surface area contributed by atoms with E-state index in [2.05, 4.69) is 5.32 Å². The summed E-state index contributed by atoms with van der Waals surface area (Å²) < 4.78 is 5.05. The second kappa shape index (κ2) is 7.09. The third kappa shape index (κ3) is 4.65. The van der Waals surface area contributed by atoms with Gasteiger partial charge < -0.3 is 14.8 Å². The van der Waals surface area contributed by atoms with Gasteiger partial charge in [0.1, 0.15) is 11.8 Å². The summed E-state index contributed by atoms with van der Waals surface area (Å²) in [5.74, 6) is -1.02. The summed E-state index contributed by atoms with van der Waals surface area (Å²) in [5.41, 5.74) is 0.847. The number of amides is 1. The number of carboxylic acid groups (broad SMARTS) is 1. The number of rotatable bonds is 6. The van der Waals surface area contributed by atoms with E-state index in [4.69, 9.17) is 4.42 Å². The first-order valence-electron chi connectivity index (χ1n) is 6.44. The highest BCUT2D eigenvalue weighted by Gasteiger charge is 2.19. The van der Waals surface area contributed by atoms with Crippen molar-refractivity contribution < 1.29 is 19.1 Å². The maximum absolute atomic E-state index is 11.7. The molecule has 2 rings (SSSR count). The predicted molar refractivity (Wildman–Crippen MR) is 77.5 cm³/mol. The van der Waals surface area contributed by atoms with Crippen LogP contribution < -0.4 is 5.32 Å². The van der Waals surface area contributed by atoms with E-state index >= 15 is 0 Å². The first-order chi connectivity index (χ1) is 10.1. The lowest BCUT2D eigenvalue weighted by Gasteiger charge is -2.13. The second-order valence-corrected chi connectivity index (χ2v) is 4.44. The molecule has 0 aliphatic heterocycles. The fraction of sp³-hybridized carbons (Fsp3) is 0.125. The van der Waals surface area contributed by atoms with Crippen molar-refractivity contribution in [3.8, 4) is 0 Å². The molecular weight excluding hydrogens is 270 g/mol. The molecule has 108 valence electrons. The number of aliphatic carboxylic acids is 1. The molecule has 1 aromatic heterocycles. The number of carbonyl (C=O) groups is 2. The van der Waals surface area contributed by atoms with Gasteiger partial charge in [0.2, 0.25) is 5.91 Å². The Bertz CT molecular complexity index is 617. The van der Waals surface area contributed by atoms with Crippen LogP contribution in [-0.2, 0) is 16.0 Å². The average Bonchev–Trinajstić information content (AvgIpc) is 2.99. The molecule has 0 radical (unpaired) electrons. The van der Waals surface area contributed by atoms with Crippen LogP contribution in [0.2, 0.25) is 0 Å². The van der Waals surface area contributed by atoms with Crippen LogP contribution in [0.15, 0.2) is 59.2 Å². The first-order valence-corrected chi connectivity index (χ1v) is 6.44. The lowest BCUT2D eigenvalue weighted by Crippen LogP contribution is -2.41. The number of nitrogens with one attached hydrogen (secondary N) is 1. The van der Waals surface area contributed by atoms with E-state index in [1.54, 1.807) is 12.1 Å². The average molecular weight is 285 g/mol. The van der Waals surface area contributed by atoms with E-state index in [9.17, 15) is 14.7 Å². The molecule has 5 nitrogen and oxygen atoms in total. The molecule has 1 atom stereocenters. The van der Waals surface area contributed by atoms with E-state index < -0.39 is 17.9 Å². The largest absolute Gasteiger partial charge is 0.480 e. The van der Waals surface area contributed by atoms with Crippen molar-refractivity contribution in [3.05, 3.63) is 66.1 Å². The van der Waals surface area contributed by atoms with Crippen molar-refractivity contribution in [2.75, 3.05) is 0 Å². The van der Waals surface area contributed by atoms with Crippen LogP contribution in [0.5, 0.6) is 0 Å². The number of furan rings is 1. The monoisotopic (exact) mass is 285 g/mol. The van der Waals surface area contributed by atoms with Crippen molar-refractivity contribution in [3.63, 3.8) is 0 Å². The molecule has 0 saturated carbocycles. The van der Waals surface area contributed by atoms with Crippen LogP contribution in [0.3, 0.4) is 0 Å².